The molecule has 0 radical (unpaired) electrons. The Morgan fingerprint density at radius 3 is 1.07 bits per heavy atom. The molecule has 4 aromatic heterocycles. The number of nitrogens with one attached hydrogen (secondary N) is 2. The number of pyridine rings is 4. The minimum absolute atomic E-state index is 0. The van der Waals surface area contributed by atoms with E-state index in [0.29, 0.717) is 18.7 Å². The van der Waals surface area contributed by atoms with Crippen molar-refractivity contribution < 1.29 is 44.0 Å². The van der Waals surface area contributed by atoms with E-state index in [2.05, 4.69) is 30.6 Å². The van der Waals surface area contributed by atoms with Crippen LogP contribution < -0.4 is 10.6 Å². The van der Waals surface area contributed by atoms with Crippen LogP contribution in [-0.4, -0.2) is 103 Å². The summed E-state index contributed by atoms with van der Waals surface area (Å²) in [5.41, 5.74) is 3.96. The number of aliphatic hydroxyl groups is 3. The van der Waals surface area contributed by atoms with Gasteiger partial charge in [0.2, 0.25) is 0 Å². The lowest BCUT2D eigenvalue weighted by Crippen LogP contribution is -2.33. The van der Waals surface area contributed by atoms with Crippen LogP contribution in [0.5, 0.6) is 0 Å². The van der Waals surface area contributed by atoms with Crippen LogP contribution in [0, 0.1) is 6.92 Å². The van der Waals surface area contributed by atoms with Gasteiger partial charge in [0.05, 0.1) is 29.9 Å². The first kappa shape index (κ1) is 63.4. The molecule has 0 aliphatic rings. The van der Waals surface area contributed by atoms with E-state index in [1.54, 1.807) is 110 Å². The van der Waals surface area contributed by atoms with Crippen LogP contribution in [-0.2, 0) is 62.0 Å². The highest BCUT2D eigenvalue weighted by atomic mass is 16.6. The Hall–Kier alpha value is -5.68. The molecule has 2 amide bonds. The number of aromatic nitrogens is 4. The van der Waals surface area contributed by atoms with Crippen molar-refractivity contribution in [1.29, 1.82) is 0 Å². The zero-order chi connectivity index (χ0) is 51.1. The fraction of sp³-hybridized carbons (Fsp3) is 0.540. The largest absolute Gasteiger partial charge is 0.444 e. The zero-order valence-electron chi connectivity index (χ0n) is 42.2. The molecule has 67 heavy (non-hydrogen) atoms. The van der Waals surface area contributed by atoms with Gasteiger partial charge in [0, 0.05) is 93.4 Å². The van der Waals surface area contributed by atoms with Crippen molar-refractivity contribution in [2.75, 3.05) is 28.2 Å². The molecule has 4 rings (SSSR count). The first-order valence-electron chi connectivity index (χ1n) is 21.3. The summed E-state index contributed by atoms with van der Waals surface area (Å²) in [6, 6.07) is 7.77. The van der Waals surface area contributed by atoms with Crippen LogP contribution in [0.25, 0.3) is 0 Å². The normalized spacial score (nSPS) is 11.1. The van der Waals surface area contributed by atoms with Crippen LogP contribution >= 0.6 is 0 Å². The predicted octanol–water partition coefficient (Wildman–Crippen LogP) is 7.54. The van der Waals surface area contributed by atoms with Crippen LogP contribution in [0.4, 0.5) is 9.59 Å². The predicted molar refractivity (Wildman–Crippen MR) is 260 cm³/mol. The van der Waals surface area contributed by atoms with E-state index in [1.165, 1.54) is 4.90 Å². The second-order valence-corrected chi connectivity index (χ2v) is 19.1. The Bertz CT molecular complexity index is 2030. The van der Waals surface area contributed by atoms with Gasteiger partial charge in [-0.1, -0.05) is 13.5 Å². The molecule has 0 aliphatic carbocycles. The third-order valence-corrected chi connectivity index (χ3v) is 8.45. The number of amides is 2. The monoisotopic (exact) mass is 937 g/mol. The van der Waals surface area contributed by atoms with Gasteiger partial charge < -0.3 is 45.2 Å². The summed E-state index contributed by atoms with van der Waals surface area (Å²) in [5.74, 6) is 0. The molecule has 0 unspecified atom stereocenters. The highest BCUT2D eigenvalue weighted by molar-refractivity contribution is 5.68. The second-order valence-electron chi connectivity index (χ2n) is 19.1. The topological polar surface area (TPSA) is 230 Å². The molecule has 374 valence electrons. The third kappa shape index (κ3) is 28.9. The number of aryl methyl sites for hydroxylation is 1. The van der Waals surface area contributed by atoms with E-state index in [1.807, 2.05) is 86.8 Å². The minimum Gasteiger partial charge on any atom is -0.444 e. The van der Waals surface area contributed by atoms with Crippen molar-refractivity contribution in [2.45, 2.75) is 152 Å². The van der Waals surface area contributed by atoms with E-state index >= 15 is 0 Å². The molecule has 5 N–H and O–H groups in total. The Kier molecular flexibility index (Phi) is 27.6. The molecule has 4 heterocycles. The molecule has 0 atom stereocenters. The van der Waals surface area contributed by atoms with Crippen molar-refractivity contribution >= 4 is 18.3 Å². The molecule has 0 aromatic carbocycles. The summed E-state index contributed by atoms with van der Waals surface area (Å²) in [5, 5.41) is 35.5. The van der Waals surface area contributed by atoms with Gasteiger partial charge in [0.25, 0.3) is 0 Å². The number of hydrogen-bond donors (Lipinski definition) is 5. The van der Waals surface area contributed by atoms with Crippen LogP contribution in [0.2, 0.25) is 0 Å². The summed E-state index contributed by atoms with van der Waals surface area (Å²) in [6.07, 6.45) is 13.4. The van der Waals surface area contributed by atoms with Crippen molar-refractivity contribution in [3.63, 3.8) is 0 Å². The van der Waals surface area contributed by atoms with Gasteiger partial charge in [0.15, 0.2) is 0 Å². The molecule has 17 nitrogen and oxygen atoms in total. The van der Waals surface area contributed by atoms with Crippen LogP contribution in [0.3, 0.4) is 0 Å². The lowest BCUT2D eigenvalue weighted by atomic mass is 9.99. The zero-order valence-corrected chi connectivity index (χ0v) is 42.2. The molecule has 0 saturated carbocycles. The van der Waals surface area contributed by atoms with Crippen molar-refractivity contribution in [1.82, 2.24) is 40.4 Å². The number of carbonyl (C=O) groups excluding carboxylic acids is 4. The third-order valence-electron chi connectivity index (χ3n) is 8.45. The average Bonchev–Trinajstić information content (AvgIpc) is 3.17. The van der Waals surface area contributed by atoms with Gasteiger partial charge in [-0.2, -0.15) is 9.59 Å². The second kappa shape index (κ2) is 29.2. The number of carbonyl (C=O) groups is 2. The van der Waals surface area contributed by atoms with E-state index in [9.17, 15) is 24.9 Å². The van der Waals surface area contributed by atoms with Gasteiger partial charge in [-0.05, 0) is 150 Å². The van der Waals surface area contributed by atoms with Gasteiger partial charge in [-0.25, -0.2) is 9.59 Å². The van der Waals surface area contributed by atoms with Crippen molar-refractivity contribution in [2.24, 2.45) is 0 Å². The van der Waals surface area contributed by atoms with Gasteiger partial charge in [-0.3, -0.25) is 19.9 Å². The Balaban J connectivity index is 0. The van der Waals surface area contributed by atoms with Crippen LogP contribution in [0.15, 0.2) is 73.8 Å². The first-order chi connectivity index (χ1) is 30.3. The number of nitrogens with zero attached hydrogens (tertiary/aromatic N) is 6. The summed E-state index contributed by atoms with van der Waals surface area (Å²) < 4.78 is 10.6. The summed E-state index contributed by atoms with van der Waals surface area (Å²) in [6.45, 7) is 25.9. The molecule has 0 fully saturated rings. The van der Waals surface area contributed by atoms with Gasteiger partial charge in [0.1, 0.15) is 11.2 Å². The SMILES string of the molecule is C.CN(Cc1cncc(C(C)(C)O)c1)C(=O)OC(C)(C)C.CNCc1cncc(C(C)(C)O)c1.CNCc1cncc(C(C)(C)O)c1.Cc1cncc(CN(C)C(=O)OC(C)(C)C)c1.O=C=O. The lowest BCUT2D eigenvalue weighted by molar-refractivity contribution is -0.191. The lowest BCUT2D eigenvalue weighted by Gasteiger charge is -2.25. The highest BCUT2D eigenvalue weighted by Crippen LogP contribution is 2.22. The van der Waals surface area contributed by atoms with Gasteiger partial charge in [-0.15, -0.1) is 0 Å². The van der Waals surface area contributed by atoms with E-state index in [-0.39, 0.29) is 25.8 Å². The number of ether oxygens (including phenoxy) is 2. The van der Waals surface area contributed by atoms with Crippen LogP contribution in [0.1, 0.15) is 135 Å². The molecule has 17 heteroatoms. The molecule has 0 saturated heterocycles. The first-order valence-corrected chi connectivity index (χ1v) is 21.3. The Morgan fingerprint density at radius 2 is 0.806 bits per heavy atom. The highest BCUT2D eigenvalue weighted by Gasteiger charge is 2.22. The van der Waals surface area contributed by atoms with E-state index in [0.717, 1.165) is 52.0 Å². The van der Waals surface area contributed by atoms with Crippen molar-refractivity contribution in [3.8, 4) is 0 Å². The standard InChI is InChI=1S/C15H24N2O3.C13H20N2O2.2C10H16N2O.CO2.CH4/c1-14(2,3)20-13(18)17(6)10-11-7-12(9-16-8-11)15(4,5)19;1-10-6-11(8-14-7-10)9-15(5)12(16)17-13(2,3)4;2*1-10(2,13)9-4-8(5-11-3)6-12-7-9;2-1-3;/h7-9,19H,10H2,1-6H3;6-8H,9H2,1-5H3;2*4,6-7,11,13H,5H2,1-3H3;;1H4. The maximum Gasteiger partial charge on any atom is 0.410 e. The van der Waals surface area contributed by atoms with E-state index < -0.39 is 28.0 Å². The number of hydrogen-bond acceptors (Lipinski definition) is 15. The molecule has 0 spiro atoms. The Labute approximate surface area is 399 Å². The summed E-state index contributed by atoms with van der Waals surface area (Å²) in [7, 11) is 7.16. The molecule has 4 aromatic rings. The van der Waals surface area contributed by atoms with Gasteiger partial charge >= 0.3 is 18.3 Å². The smallest absolute Gasteiger partial charge is 0.410 e. The average molecular weight is 937 g/mol. The summed E-state index contributed by atoms with van der Waals surface area (Å²) >= 11 is 0. The fourth-order valence-corrected chi connectivity index (χ4v) is 5.22. The molecule has 0 bridgehead atoms. The van der Waals surface area contributed by atoms with Crippen molar-refractivity contribution in [3.05, 3.63) is 118 Å². The molecular weight excluding hydrogens is 857 g/mol. The fourth-order valence-electron chi connectivity index (χ4n) is 5.22. The summed E-state index contributed by atoms with van der Waals surface area (Å²) in [4.78, 5) is 59.2. The quantitative estimate of drug-likeness (QED) is 0.0978. The maximum atomic E-state index is 11.9. The minimum atomic E-state index is -0.951. The Morgan fingerprint density at radius 1 is 0.537 bits per heavy atom. The number of rotatable bonds is 11. The maximum absolute atomic E-state index is 11.9. The van der Waals surface area contributed by atoms with E-state index in [4.69, 9.17) is 19.1 Å². The molecule has 0 aliphatic heterocycles. The molecular formula is C50H80N8O9.